The Balaban J connectivity index is 2.12. The molecule has 1 aromatic heterocycles. The summed E-state index contributed by atoms with van der Waals surface area (Å²) in [5.74, 6) is -2.61. The summed E-state index contributed by atoms with van der Waals surface area (Å²) in [4.78, 5) is 13.4. The molecule has 0 aliphatic heterocycles. The van der Waals surface area contributed by atoms with Crippen LogP contribution in [0.25, 0.3) is 0 Å². The van der Waals surface area contributed by atoms with Gasteiger partial charge < -0.3 is 15.3 Å². The number of carbonyl (C=O) groups is 1. The molecule has 8 nitrogen and oxygen atoms in total. The Labute approximate surface area is 135 Å². The summed E-state index contributed by atoms with van der Waals surface area (Å²) in [6.07, 6.45) is 0. The molecule has 23 heavy (non-hydrogen) atoms. The average Bonchev–Trinajstić information content (AvgIpc) is 2.82. The van der Waals surface area contributed by atoms with Gasteiger partial charge in [-0.05, 0) is 5.56 Å². The highest BCUT2D eigenvalue weighted by atomic mass is 33.1. The predicted octanol–water partition coefficient (Wildman–Crippen LogP) is 1.75. The van der Waals surface area contributed by atoms with Gasteiger partial charge in [0.15, 0.2) is 11.8 Å². The Morgan fingerprint density at radius 3 is 2.43 bits per heavy atom. The minimum atomic E-state index is -4.25. The van der Waals surface area contributed by atoms with Crippen LogP contribution in [-0.2, 0) is 24.7 Å². The van der Waals surface area contributed by atoms with Gasteiger partial charge in [0.25, 0.3) is 0 Å². The zero-order valence-electron chi connectivity index (χ0n) is 11.5. The van der Waals surface area contributed by atoms with Crippen molar-refractivity contribution in [2.45, 2.75) is 11.9 Å². The van der Waals surface area contributed by atoms with Crippen LogP contribution in [0, 0.1) is 0 Å². The number of aromatic nitrogens is 1. The molecule has 0 spiro atoms. The fraction of sp³-hybridized carbons (Fsp3) is 0.154. The van der Waals surface area contributed by atoms with Crippen molar-refractivity contribution in [2.24, 2.45) is 0 Å². The number of rotatable bonds is 7. The Morgan fingerprint density at radius 1 is 1.26 bits per heavy atom. The largest absolute Gasteiger partial charge is 0.495 e. The van der Waals surface area contributed by atoms with Gasteiger partial charge in [0, 0.05) is 22.4 Å². The van der Waals surface area contributed by atoms with E-state index in [4.69, 9.17) is 9.29 Å². The molecule has 0 aliphatic rings. The molecule has 1 aromatic carbocycles. The van der Waals surface area contributed by atoms with Crippen LogP contribution < -0.4 is 0 Å². The van der Waals surface area contributed by atoms with Gasteiger partial charge in [-0.3, -0.25) is 14.0 Å². The molecule has 0 amide bonds. The van der Waals surface area contributed by atoms with E-state index in [1.165, 1.54) is 0 Å². The van der Waals surface area contributed by atoms with Crippen LogP contribution in [0.15, 0.2) is 36.4 Å². The van der Waals surface area contributed by atoms with E-state index in [-0.39, 0.29) is 23.0 Å². The van der Waals surface area contributed by atoms with Crippen molar-refractivity contribution in [1.82, 2.24) is 4.98 Å². The number of aromatic amines is 1. The van der Waals surface area contributed by atoms with E-state index in [9.17, 15) is 23.4 Å². The third-order valence-corrected chi connectivity index (χ3v) is 5.61. The molecule has 4 N–H and O–H groups in total. The standard InChI is InChI=1S/C13H13NO7S2/c15-10-6-9(12(16)14-10)11(13(17)18)22-23(19,20)21-7-8-4-2-1-3-5-8/h1-6,11,14-16H,7H2,(H,17,18). The number of aromatic hydroxyl groups is 2. The van der Waals surface area contributed by atoms with Crippen molar-refractivity contribution in [3.05, 3.63) is 47.5 Å². The van der Waals surface area contributed by atoms with Gasteiger partial charge in [0.2, 0.25) is 0 Å². The summed E-state index contributed by atoms with van der Waals surface area (Å²) >= 11 is 0. The summed E-state index contributed by atoms with van der Waals surface area (Å²) < 4.78 is 28.6. The zero-order valence-corrected chi connectivity index (χ0v) is 13.2. The number of hydrogen-bond donors (Lipinski definition) is 4. The first-order chi connectivity index (χ1) is 10.8. The van der Waals surface area contributed by atoms with Crippen LogP contribution in [0.4, 0.5) is 0 Å². The minimum Gasteiger partial charge on any atom is -0.495 e. The first-order valence-electron chi connectivity index (χ1n) is 6.23. The molecule has 0 saturated carbocycles. The Bertz CT molecular complexity index is 786. The van der Waals surface area contributed by atoms with Crippen molar-refractivity contribution in [3.63, 3.8) is 0 Å². The second kappa shape index (κ2) is 6.94. The van der Waals surface area contributed by atoms with Crippen LogP contribution in [-0.4, -0.2) is 34.7 Å². The maximum absolute atomic E-state index is 11.9. The molecule has 124 valence electrons. The minimum absolute atomic E-state index is 0.0143. The first-order valence-corrected chi connectivity index (χ1v) is 9.04. The highest BCUT2D eigenvalue weighted by Crippen LogP contribution is 2.40. The van der Waals surface area contributed by atoms with Crippen molar-refractivity contribution in [3.8, 4) is 11.8 Å². The lowest BCUT2D eigenvalue weighted by molar-refractivity contribution is -0.136. The SMILES string of the molecule is O=C(O)C(SS(=O)(=O)OCc1ccccc1)c1cc(O)[nH]c1O. The molecular weight excluding hydrogens is 346 g/mol. The highest BCUT2D eigenvalue weighted by molar-refractivity contribution is 8.70. The maximum atomic E-state index is 11.9. The van der Waals surface area contributed by atoms with E-state index >= 15 is 0 Å². The summed E-state index contributed by atoms with van der Waals surface area (Å²) in [7, 11) is -4.24. The van der Waals surface area contributed by atoms with Gasteiger partial charge >= 0.3 is 15.1 Å². The summed E-state index contributed by atoms with van der Waals surface area (Å²) in [6, 6.07) is 9.43. The number of carboxylic acids is 1. The molecular formula is C13H13NO7S2. The molecule has 2 aromatic rings. The molecule has 0 bridgehead atoms. The lowest BCUT2D eigenvalue weighted by Crippen LogP contribution is -2.12. The molecule has 0 radical (unpaired) electrons. The molecule has 0 saturated heterocycles. The molecule has 10 heteroatoms. The van der Waals surface area contributed by atoms with E-state index in [1.807, 2.05) is 0 Å². The van der Waals surface area contributed by atoms with Crippen LogP contribution in [0.3, 0.4) is 0 Å². The maximum Gasteiger partial charge on any atom is 0.323 e. The Hall–Kier alpha value is -2.17. The van der Waals surface area contributed by atoms with Crippen LogP contribution in [0.1, 0.15) is 16.4 Å². The summed E-state index contributed by atoms with van der Waals surface area (Å²) in [5.41, 5.74) is 0.331. The number of H-pyrrole nitrogens is 1. The second-order valence-corrected chi connectivity index (χ2v) is 7.95. The topological polar surface area (TPSA) is 137 Å². The van der Waals surface area contributed by atoms with E-state index in [0.717, 1.165) is 6.07 Å². The van der Waals surface area contributed by atoms with Gasteiger partial charge in [-0.1, -0.05) is 30.3 Å². The second-order valence-electron chi connectivity index (χ2n) is 4.43. The number of hydrogen-bond acceptors (Lipinski definition) is 7. The van der Waals surface area contributed by atoms with Gasteiger partial charge in [0.05, 0.1) is 6.61 Å². The average molecular weight is 359 g/mol. The van der Waals surface area contributed by atoms with Gasteiger partial charge in [0.1, 0.15) is 5.25 Å². The molecule has 1 heterocycles. The van der Waals surface area contributed by atoms with Crippen LogP contribution in [0.5, 0.6) is 11.8 Å². The fourth-order valence-corrected chi connectivity index (χ4v) is 4.24. The van der Waals surface area contributed by atoms with E-state index in [1.54, 1.807) is 30.3 Å². The number of benzene rings is 1. The van der Waals surface area contributed by atoms with Crippen molar-refractivity contribution >= 4 is 25.9 Å². The van der Waals surface area contributed by atoms with Crippen LogP contribution in [0.2, 0.25) is 0 Å². The third-order valence-electron chi connectivity index (χ3n) is 2.75. The van der Waals surface area contributed by atoms with E-state index in [2.05, 4.69) is 4.98 Å². The first kappa shape index (κ1) is 17.2. The highest BCUT2D eigenvalue weighted by Gasteiger charge is 2.32. The smallest absolute Gasteiger partial charge is 0.323 e. The van der Waals surface area contributed by atoms with Gasteiger partial charge in [-0.2, -0.15) is 8.42 Å². The zero-order chi connectivity index (χ0) is 17.0. The monoisotopic (exact) mass is 359 g/mol. The van der Waals surface area contributed by atoms with Gasteiger partial charge in [-0.15, -0.1) is 0 Å². The molecule has 1 unspecified atom stereocenters. The normalized spacial score (nSPS) is 12.9. The summed E-state index contributed by atoms with van der Waals surface area (Å²) in [6.45, 7) is -0.243. The molecule has 0 fully saturated rings. The Kier molecular flexibility index (Phi) is 5.19. The molecule has 1 atom stereocenters. The predicted molar refractivity (Wildman–Crippen MR) is 82.2 cm³/mol. The fourth-order valence-electron chi connectivity index (χ4n) is 1.73. The molecule has 0 aliphatic carbocycles. The lowest BCUT2D eigenvalue weighted by Gasteiger charge is -2.11. The van der Waals surface area contributed by atoms with Crippen LogP contribution >= 0.6 is 10.8 Å². The summed E-state index contributed by atoms with van der Waals surface area (Å²) in [5, 5.41) is 26.2. The lowest BCUT2D eigenvalue weighted by atomic mass is 10.2. The van der Waals surface area contributed by atoms with E-state index < -0.39 is 32.1 Å². The van der Waals surface area contributed by atoms with Gasteiger partial charge in [-0.25, -0.2) is 0 Å². The van der Waals surface area contributed by atoms with Crippen molar-refractivity contribution < 1.29 is 32.7 Å². The number of nitrogens with one attached hydrogen (secondary N) is 1. The number of aliphatic carboxylic acids is 1. The third kappa shape index (κ3) is 4.65. The quantitative estimate of drug-likeness (QED) is 0.549. The molecule has 2 rings (SSSR count). The Morgan fingerprint density at radius 2 is 1.91 bits per heavy atom. The van der Waals surface area contributed by atoms with E-state index in [0.29, 0.717) is 5.56 Å². The van der Waals surface area contributed by atoms with Crippen molar-refractivity contribution in [1.29, 1.82) is 0 Å². The number of carboxylic acid groups (broad SMARTS) is 1. The van der Waals surface area contributed by atoms with Crippen molar-refractivity contribution in [2.75, 3.05) is 0 Å².